The molecule has 0 saturated carbocycles. The second-order valence-electron chi connectivity index (χ2n) is 3.12. The van der Waals surface area contributed by atoms with E-state index >= 15 is 0 Å². The van der Waals surface area contributed by atoms with Gasteiger partial charge in [0.05, 0.1) is 11.1 Å². The number of nitrogen functional groups attached to an aromatic ring is 1. The molecule has 2 N–H and O–H groups in total. The Balaban J connectivity index is 2.34. The molecule has 0 aliphatic heterocycles. The van der Waals surface area contributed by atoms with Gasteiger partial charge in [0, 0.05) is 12.3 Å². The van der Waals surface area contributed by atoms with Crippen molar-refractivity contribution in [2.45, 2.75) is 13.3 Å². The minimum Gasteiger partial charge on any atom is -0.490 e. The van der Waals surface area contributed by atoms with Crippen molar-refractivity contribution in [3.8, 4) is 5.75 Å². The highest BCUT2D eigenvalue weighted by Gasteiger charge is 2.03. The van der Waals surface area contributed by atoms with Crippen LogP contribution in [0, 0.1) is 0 Å². The van der Waals surface area contributed by atoms with E-state index in [1.165, 1.54) is 0 Å². The van der Waals surface area contributed by atoms with Crippen molar-refractivity contribution < 1.29 is 9.47 Å². The smallest absolute Gasteiger partial charge is 0.135 e. The molecular formula is C11H16BrNO2. The van der Waals surface area contributed by atoms with Gasteiger partial charge in [0.25, 0.3) is 0 Å². The van der Waals surface area contributed by atoms with Crippen LogP contribution in [0.2, 0.25) is 0 Å². The van der Waals surface area contributed by atoms with E-state index in [1.807, 2.05) is 18.2 Å². The highest BCUT2D eigenvalue weighted by atomic mass is 79.9. The van der Waals surface area contributed by atoms with Crippen molar-refractivity contribution in [3.63, 3.8) is 0 Å². The van der Waals surface area contributed by atoms with Gasteiger partial charge in [-0.25, -0.2) is 0 Å². The molecule has 84 valence electrons. The standard InChI is InChI=1S/C11H16BrNO2/c1-2-6-14-7-8-15-10-5-3-4-9(13)11(10)12/h3-5H,2,6-8,13H2,1H3. The number of halogens is 1. The predicted octanol–water partition coefficient (Wildman–Crippen LogP) is 2.84. The third kappa shape index (κ3) is 4.10. The van der Waals surface area contributed by atoms with Gasteiger partial charge in [0.2, 0.25) is 0 Å². The van der Waals surface area contributed by atoms with Crippen LogP contribution in [0.4, 0.5) is 5.69 Å². The van der Waals surface area contributed by atoms with Crippen LogP contribution < -0.4 is 10.5 Å². The van der Waals surface area contributed by atoms with E-state index in [0.717, 1.165) is 23.2 Å². The van der Waals surface area contributed by atoms with Crippen LogP contribution in [0.5, 0.6) is 5.75 Å². The van der Waals surface area contributed by atoms with Gasteiger partial charge in [-0.05, 0) is 34.5 Å². The molecule has 0 aromatic heterocycles. The first-order chi connectivity index (χ1) is 7.25. The van der Waals surface area contributed by atoms with Crippen molar-refractivity contribution in [2.24, 2.45) is 0 Å². The van der Waals surface area contributed by atoms with Crippen LogP contribution in [-0.4, -0.2) is 19.8 Å². The maximum atomic E-state index is 5.71. The lowest BCUT2D eigenvalue weighted by Crippen LogP contribution is -2.07. The van der Waals surface area contributed by atoms with Crippen LogP contribution in [0.15, 0.2) is 22.7 Å². The van der Waals surface area contributed by atoms with Gasteiger partial charge in [0.15, 0.2) is 0 Å². The average molecular weight is 274 g/mol. The molecule has 0 saturated heterocycles. The Morgan fingerprint density at radius 1 is 1.27 bits per heavy atom. The Morgan fingerprint density at radius 2 is 2.07 bits per heavy atom. The molecule has 15 heavy (non-hydrogen) atoms. The van der Waals surface area contributed by atoms with Crippen LogP contribution in [-0.2, 0) is 4.74 Å². The lowest BCUT2D eigenvalue weighted by molar-refractivity contribution is 0.100. The Hall–Kier alpha value is -0.740. The van der Waals surface area contributed by atoms with Gasteiger partial charge in [-0.1, -0.05) is 13.0 Å². The lowest BCUT2D eigenvalue weighted by Gasteiger charge is -2.09. The van der Waals surface area contributed by atoms with Gasteiger partial charge >= 0.3 is 0 Å². The number of nitrogens with two attached hydrogens (primary N) is 1. The molecule has 0 amide bonds. The molecule has 0 fully saturated rings. The summed E-state index contributed by atoms with van der Waals surface area (Å²) in [6.45, 7) is 4.01. The molecule has 0 unspecified atom stereocenters. The summed E-state index contributed by atoms with van der Waals surface area (Å²) in [6.07, 6.45) is 1.03. The van der Waals surface area contributed by atoms with E-state index in [2.05, 4.69) is 22.9 Å². The Morgan fingerprint density at radius 3 is 2.80 bits per heavy atom. The average Bonchev–Trinajstić information content (AvgIpc) is 2.24. The maximum absolute atomic E-state index is 5.71. The van der Waals surface area contributed by atoms with Gasteiger partial charge in [-0.2, -0.15) is 0 Å². The predicted molar refractivity (Wildman–Crippen MR) is 65.2 cm³/mol. The van der Waals surface area contributed by atoms with E-state index in [0.29, 0.717) is 18.9 Å². The fourth-order valence-corrected chi connectivity index (χ4v) is 1.47. The summed E-state index contributed by atoms with van der Waals surface area (Å²) in [5, 5.41) is 0. The fourth-order valence-electron chi connectivity index (χ4n) is 1.10. The van der Waals surface area contributed by atoms with Crippen LogP contribution in [0.1, 0.15) is 13.3 Å². The molecule has 0 atom stereocenters. The molecule has 0 aliphatic carbocycles. The zero-order valence-electron chi connectivity index (χ0n) is 8.83. The molecular weight excluding hydrogens is 258 g/mol. The third-order valence-electron chi connectivity index (χ3n) is 1.83. The Kier molecular flexibility index (Phi) is 5.50. The summed E-state index contributed by atoms with van der Waals surface area (Å²) in [7, 11) is 0. The molecule has 1 rings (SSSR count). The van der Waals surface area contributed by atoms with Crippen molar-refractivity contribution in [3.05, 3.63) is 22.7 Å². The van der Waals surface area contributed by atoms with Crippen LogP contribution in [0.3, 0.4) is 0 Å². The van der Waals surface area contributed by atoms with Crippen molar-refractivity contribution in [1.29, 1.82) is 0 Å². The van der Waals surface area contributed by atoms with E-state index in [-0.39, 0.29) is 0 Å². The second kappa shape index (κ2) is 6.69. The van der Waals surface area contributed by atoms with E-state index in [4.69, 9.17) is 15.2 Å². The van der Waals surface area contributed by atoms with E-state index < -0.39 is 0 Å². The molecule has 0 radical (unpaired) electrons. The molecule has 0 aliphatic rings. The number of ether oxygens (including phenoxy) is 2. The van der Waals surface area contributed by atoms with E-state index in [1.54, 1.807) is 0 Å². The normalized spacial score (nSPS) is 10.3. The number of anilines is 1. The highest BCUT2D eigenvalue weighted by Crippen LogP contribution is 2.29. The monoisotopic (exact) mass is 273 g/mol. The first-order valence-electron chi connectivity index (χ1n) is 5.00. The first-order valence-corrected chi connectivity index (χ1v) is 5.79. The minimum absolute atomic E-state index is 0.544. The third-order valence-corrected chi connectivity index (χ3v) is 2.68. The van der Waals surface area contributed by atoms with Gasteiger partial charge in [0.1, 0.15) is 12.4 Å². The van der Waals surface area contributed by atoms with Crippen molar-refractivity contribution in [1.82, 2.24) is 0 Å². The molecule has 1 aromatic rings. The molecule has 0 spiro atoms. The SMILES string of the molecule is CCCOCCOc1cccc(N)c1Br. The fraction of sp³-hybridized carbons (Fsp3) is 0.455. The summed E-state index contributed by atoms with van der Waals surface area (Å²) >= 11 is 3.37. The number of hydrogen-bond donors (Lipinski definition) is 1. The quantitative estimate of drug-likeness (QED) is 0.640. The van der Waals surface area contributed by atoms with Crippen molar-refractivity contribution in [2.75, 3.05) is 25.6 Å². The zero-order chi connectivity index (χ0) is 11.1. The van der Waals surface area contributed by atoms with Gasteiger partial charge in [-0.15, -0.1) is 0 Å². The summed E-state index contributed by atoms with van der Waals surface area (Å²) in [4.78, 5) is 0. The Labute approximate surface area is 98.7 Å². The molecule has 0 bridgehead atoms. The molecule has 4 heteroatoms. The molecule has 0 heterocycles. The maximum Gasteiger partial charge on any atom is 0.135 e. The van der Waals surface area contributed by atoms with E-state index in [9.17, 15) is 0 Å². The Bertz CT molecular complexity index is 305. The van der Waals surface area contributed by atoms with Crippen LogP contribution in [0.25, 0.3) is 0 Å². The number of hydrogen-bond acceptors (Lipinski definition) is 3. The van der Waals surface area contributed by atoms with Crippen molar-refractivity contribution >= 4 is 21.6 Å². The molecule has 1 aromatic carbocycles. The molecule has 3 nitrogen and oxygen atoms in total. The second-order valence-corrected chi connectivity index (χ2v) is 3.91. The first kappa shape index (κ1) is 12.3. The topological polar surface area (TPSA) is 44.5 Å². The van der Waals surface area contributed by atoms with Crippen LogP contribution >= 0.6 is 15.9 Å². The summed E-state index contributed by atoms with van der Waals surface area (Å²) in [5.74, 6) is 0.759. The number of rotatable bonds is 6. The summed E-state index contributed by atoms with van der Waals surface area (Å²) in [6, 6.07) is 5.56. The largest absolute Gasteiger partial charge is 0.490 e. The van der Waals surface area contributed by atoms with Gasteiger partial charge in [-0.3, -0.25) is 0 Å². The zero-order valence-corrected chi connectivity index (χ0v) is 10.4. The summed E-state index contributed by atoms with van der Waals surface area (Å²) in [5.41, 5.74) is 6.40. The van der Waals surface area contributed by atoms with Gasteiger partial charge < -0.3 is 15.2 Å². The summed E-state index contributed by atoms with van der Waals surface area (Å²) < 4.78 is 11.6. The minimum atomic E-state index is 0.544. The lowest BCUT2D eigenvalue weighted by atomic mass is 10.3. The number of benzene rings is 1. The highest BCUT2D eigenvalue weighted by molar-refractivity contribution is 9.10.